The van der Waals surface area contributed by atoms with Crippen LogP contribution in [0.3, 0.4) is 0 Å². The predicted octanol–water partition coefficient (Wildman–Crippen LogP) is 4.70. The molecule has 2 aromatic carbocycles. The second-order valence-corrected chi connectivity index (χ2v) is 9.70. The highest BCUT2D eigenvalue weighted by Gasteiger charge is 2.38. The van der Waals surface area contributed by atoms with Crippen molar-refractivity contribution in [3.8, 4) is 5.75 Å². The average molecular weight is 542 g/mol. The Kier molecular flexibility index (Phi) is 7.62. The topological polar surface area (TPSA) is 87.0 Å². The summed E-state index contributed by atoms with van der Waals surface area (Å²) in [7, 11) is -4.09. The van der Waals surface area contributed by atoms with Crippen LogP contribution in [0.1, 0.15) is 12.0 Å². The number of nitrogens with zero attached hydrogens (tertiary/aromatic N) is 2. The molecular formula is C20H16F6N2O5S2. The Morgan fingerprint density at radius 2 is 1.71 bits per heavy atom. The molecule has 1 heterocycles. The number of alkyl halides is 6. The van der Waals surface area contributed by atoms with Crippen LogP contribution in [0, 0.1) is 6.92 Å². The number of aryl methyl sites for hydroxylation is 2. The van der Waals surface area contributed by atoms with Crippen molar-refractivity contribution in [2.45, 2.75) is 37.3 Å². The molecule has 0 aliphatic carbocycles. The molecule has 0 fully saturated rings. The van der Waals surface area contributed by atoms with Crippen LogP contribution in [-0.2, 0) is 25.6 Å². The van der Waals surface area contributed by atoms with E-state index in [1.165, 1.54) is 12.1 Å². The van der Waals surface area contributed by atoms with E-state index < -0.39 is 39.1 Å². The summed E-state index contributed by atoms with van der Waals surface area (Å²) >= 11 is 0.539. The van der Waals surface area contributed by atoms with Crippen LogP contribution in [0.2, 0.25) is 0 Å². The van der Waals surface area contributed by atoms with Gasteiger partial charge in [0.1, 0.15) is 5.75 Å². The molecule has 0 bridgehead atoms. The highest BCUT2D eigenvalue weighted by Crippen LogP contribution is 2.28. The van der Waals surface area contributed by atoms with Crippen LogP contribution < -0.4 is 9.54 Å². The van der Waals surface area contributed by atoms with E-state index in [0.717, 1.165) is 28.3 Å². The van der Waals surface area contributed by atoms with Crippen molar-refractivity contribution < 1.29 is 48.5 Å². The number of ether oxygens (including phenoxy) is 1. The maximum Gasteiger partial charge on any atom is 0.573 e. The van der Waals surface area contributed by atoms with Crippen LogP contribution in [0.5, 0.6) is 5.75 Å². The zero-order valence-electron chi connectivity index (χ0n) is 17.7. The number of benzene rings is 2. The lowest BCUT2D eigenvalue weighted by Gasteiger charge is -2.10. The van der Waals surface area contributed by atoms with E-state index in [-0.39, 0.29) is 34.7 Å². The SMILES string of the molecule is Cc1ccc(S(=O)(=O)OCCCn2c(=NC(=O)C(F)(F)F)sc3cc(OC(F)(F)F)ccc32)cc1. The lowest BCUT2D eigenvalue weighted by molar-refractivity contribution is -0.274. The Balaban J connectivity index is 1.86. The molecule has 190 valence electrons. The molecule has 0 aliphatic rings. The lowest BCUT2D eigenvalue weighted by Crippen LogP contribution is -2.25. The fraction of sp³-hybridized carbons (Fsp3) is 0.300. The number of halogens is 6. The highest BCUT2D eigenvalue weighted by molar-refractivity contribution is 7.86. The number of carbonyl (C=O) groups excluding carboxylic acids is 1. The van der Waals surface area contributed by atoms with Gasteiger partial charge in [-0.15, -0.1) is 13.2 Å². The van der Waals surface area contributed by atoms with Crippen molar-refractivity contribution in [2.75, 3.05) is 6.61 Å². The third-order valence-electron chi connectivity index (χ3n) is 4.40. The van der Waals surface area contributed by atoms with E-state index in [1.54, 1.807) is 19.1 Å². The molecule has 15 heteroatoms. The zero-order valence-corrected chi connectivity index (χ0v) is 19.3. The Morgan fingerprint density at radius 3 is 2.31 bits per heavy atom. The highest BCUT2D eigenvalue weighted by atomic mass is 32.2. The van der Waals surface area contributed by atoms with Gasteiger partial charge in [-0.05, 0) is 43.7 Å². The van der Waals surface area contributed by atoms with Crippen LogP contribution in [0.25, 0.3) is 10.2 Å². The summed E-state index contributed by atoms with van der Waals surface area (Å²) in [4.78, 5) is 13.9. The smallest absolute Gasteiger partial charge is 0.406 e. The first kappa shape index (κ1) is 26.7. The minimum atomic E-state index is -5.26. The van der Waals surface area contributed by atoms with Gasteiger partial charge >= 0.3 is 18.4 Å². The maximum atomic E-state index is 12.7. The number of amides is 1. The van der Waals surface area contributed by atoms with Gasteiger partial charge in [0.15, 0.2) is 4.80 Å². The third-order valence-corrected chi connectivity index (χ3v) is 6.77. The zero-order chi connectivity index (χ0) is 26.0. The van der Waals surface area contributed by atoms with Gasteiger partial charge < -0.3 is 9.30 Å². The summed E-state index contributed by atoms with van der Waals surface area (Å²) in [6.07, 6.45) is -10.3. The van der Waals surface area contributed by atoms with Gasteiger partial charge in [0.05, 0.1) is 21.7 Å². The first-order chi connectivity index (χ1) is 16.2. The van der Waals surface area contributed by atoms with Crippen molar-refractivity contribution >= 4 is 37.6 Å². The molecule has 1 amide bonds. The Hall–Kier alpha value is -2.91. The second-order valence-electron chi connectivity index (χ2n) is 7.07. The van der Waals surface area contributed by atoms with E-state index in [4.69, 9.17) is 4.18 Å². The van der Waals surface area contributed by atoms with Crippen LogP contribution >= 0.6 is 11.3 Å². The quantitative estimate of drug-likeness (QED) is 0.246. The van der Waals surface area contributed by atoms with Crippen molar-refractivity contribution in [1.29, 1.82) is 0 Å². The summed E-state index contributed by atoms with van der Waals surface area (Å²) < 4.78 is 110. The molecule has 3 aromatic rings. The number of fused-ring (bicyclic) bond motifs is 1. The van der Waals surface area contributed by atoms with Gasteiger partial charge in [-0.3, -0.25) is 8.98 Å². The van der Waals surface area contributed by atoms with Gasteiger partial charge in [-0.2, -0.15) is 26.6 Å². The Labute approximate surface area is 198 Å². The fourth-order valence-electron chi connectivity index (χ4n) is 2.87. The summed E-state index contributed by atoms with van der Waals surface area (Å²) in [5.41, 5.74) is 0.998. The molecule has 0 radical (unpaired) electrons. The van der Waals surface area contributed by atoms with Gasteiger partial charge in [0, 0.05) is 6.54 Å². The van der Waals surface area contributed by atoms with Gasteiger partial charge in [0.2, 0.25) is 0 Å². The summed E-state index contributed by atoms with van der Waals surface area (Å²) in [6, 6.07) is 8.91. The van der Waals surface area contributed by atoms with Crippen LogP contribution in [-0.4, -0.2) is 38.0 Å². The number of hydrogen-bond acceptors (Lipinski definition) is 6. The summed E-state index contributed by atoms with van der Waals surface area (Å²) in [5.74, 6) is -3.01. The van der Waals surface area contributed by atoms with Gasteiger partial charge in [-0.1, -0.05) is 29.0 Å². The van der Waals surface area contributed by atoms with E-state index in [1.807, 2.05) is 0 Å². The molecule has 0 unspecified atom stereocenters. The molecule has 0 atom stereocenters. The molecule has 0 N–H and O–H groups in total. The molecule has 35 heavy (non-hydrogen) atoms. The van der Waals surface area contributed by atoms with E-state index in [2.05, 4.69) is 9.73 Å². The lowest BCUT2D eigenvalue weighted by atomic mass is 10.2. The number of hydrogen-bond donors (Lipinski definition) is 0. The van der Waals surface area contributed by atoms with Gasteiger partial charge in [-0.25, -0.2) is 0 Å². The first-order valence-electron chi connectivity index (χ1n) is 9.67. The average Bonchev–Trinajstić information content (AvgIpc) is 3.05. The van der Waals surface area contributed by atoms with Gasteiger partial charge in [0.25, 0.3) is 10.1 Å². The van der Waals surface area contributed by atoms with Crippen LogP contribution in [0.15, 0.2) is 52.4 Å². The standard InChI is InChI=1S/C20H16F6N2O5S2/c1-12-3-6-14(7-4-12)35(30,31)32-10-2-9-28-15-8-5-13(33-20(24,25)26)11-16(15)34-18(28)27-17(29)19(21,22)23/h3-8,11H,2,9-10H2,1H3. The van der Waals surface area contributed by atoms with Crippen molar-refractivity contribution in [3.05, 3.63) is 52.8 Å². The molecule has 0 aliphatic heterocycles. The summed E-state index contributed by atoms with van der Waals surface area (Å²) in [6.45, 7) is 1.26. The molecule has 0 saturated carbocycles. The molecular weight excluding hydrogens is 526 g/mol. The number of thiazole rings is 1. The monoisotopic (exact) mass is 542 g/mol. The molecule has 0 saturated heterocycles. The van der Waals surface area contributed by atoms with Crippen LogP contribution in [0.4, 0.5) is 26.3 Å². The van der Waals surface area contributed by atoms with Crippen molar-refractivity contribution in [1.82, 2.24) is 4.57 Å². The number of carbonyl (C=O) groups is 1. The molecule has 3 rings (SSSR count). The Bertz CT molecular complexity index is 1390. The Morgan fingerprint density at radius 1 is 1.06 bits per heavy atom. The second kappa shape index (κ2) is 9.99. The van der Waals surface area contributed by atoms with E-state index >= 15 is 0 Å². The van der Waals surface area contributed by atoms with E-state index in [0.29, 0.717) is 11.3 Å². The summed E-state index contributed by atoms with van der Waals surface area (Å²) in [5, 5.41) is 0. The van der Waals surface area contributed by atoms with Crippen molar-refractivity contribution in [2.24, 2.45) is 4.99 Å². The molecule has 1 aromatic heterocycles. The number of rotatable bonds is 7. The minimum absolute atomic E-state index is 0.0366. The third kappa shape index (κ3) is 7.05. The normalized spacial score (nSPS) is 13.4. The fourth-order valence-corrected chi connectivity index (χ4v) is 4.89. The molecule has 7 nitrogen and oxygen atoms in total. The van der Waals surface area contributed by atoms with Crippen molar-refractivity contribution in [3.63, 3.8) is 0 Å². The number of aromatic nitrogens is 1. The van der Waals surface area contributed by atoms with E-state index in [9.17, 15) is 39.6 Å². The first-order valence-corrected chi connectivity index (χ1v) is 11.9. The predicted molar refractivity (Wildman–Crippen MR) is 112 cm³/mol. The largest absolute Gasteiger partial charge is 0.573 e. The maximum absolute atomic E-state index is 12.7. The molecule has 0 spiro atoms. The minimum Gasteiger partial charge on any atom is -0.406 e.